The predicted octanol–water partition coefficient (Wildman–Crippen LogP) is 6.34. The van der Waals surface area contributed by atoms with Crippen LogP contribution in [0.5, 0.6) is 0 Å². The number of hydrogen-bond donors (Lipinski definition) is 1. The van der Waals surface area contributed by atoms with Crippen molar-refractivity contribution in [2.24, 2.45) is 10.7 Å². The molecule has 10 heteroatoms. The summed E-state index contributed by atoms with van der Waals surface area (Å²) in [4.78, 5) is 20.1. The van der Waals surface area contributed by atoms with Crippen LogP contribution in [-0.4, -0.2) is 22.6 Å². The molecule has 0 unspecified atom stereocenters. The molecule has 0 aliphatic carbocycles. The maximum Gasteiger partial charge on any atom is 0.338 e. The number of nitrogens with two attached hydrogens (primary N) is 1. The van der Waals surface area contributed by atoms with Gasteiger partial charge in [-0.1, -0.05) is 53.5 Å². The topological polar surface area (TPSA) is 105 Å². The largest absolute Gasteiger partial charge is 0.463 e. The summed E-state index contributed by atoms with van der Waals surface area (Å²) < 4.78 is 11.7. The van der Waals surface area contributed by atoms with Gasteiger partial charge in [0.15, 0.2) is 5.17 Å². The van der Waals surface area contributed by atoms with E-state index in [-0.39, 0.29) is 22.9 Å². The molecule has 0 saturated heterocycles. The maximum atomic E-state index is 13.4. The summed E-state index contributed by atoms with van der Waals surface area (Å²) in [6, 6.07) is 19.2. The van der Waals surface area contributed by atoms with Gasteiger partial charge in [-0.2, -0.15) is 5.26 Å². The number of aliphatic imine (C=N–C) groups is 1. The molecule has 3 aromatic rings. The van der Waals surface area contributed by atoms with Gasteiger partial charge in [-0.05, 0) is 49.0 Å². The van der Waals surface area contributed by atoms with Gasteiger partial charge in [-0.25, -0.2) is 9.79 Å². The number of hydrogen-bond acceptors (Lipinski definition) is 8. The Kier molecular flexibility index (Phi) is 6.54. The Morgan fingerprint density at radius 1 is 1.22 bits per heavy atom. The molecular formula is C26H18Cl2N4O3S. The maximum absolute atomic E-state index is 13.4. The summed E-state index contributed by atoms with van der Waals surface area (Å²) in [6.07, 6.45) is 0. The first-order chi connectivity index (χ1) is 17.4. The van der Waals surface area contributed by atoms with E-state index >= 15 is 0 Å². The summed E-state index contributed by atoms with van der Waals surface area (Å²) in [7, 11) is 0. The van der Waals surface area contributed by atoms with Crippen molar-refractivity contribution >= 4 is 51.8 Å². The van der Waals surface area contributed by atoms with Crippen molar-refractivity contribution in [1.82, 2.24) is 4.90 Å². The highest BCUT2D eigenvalue weighted by Crippen LogP contribution is 2.48. The molecule has 3 heterocycles. The lowest BCUT2D eigenvalue weighted by Gasteiger charge is -2.33. The van der Waals surface area contributed by atoms with Crippen molar-refractivity contribution in [3.8, 4) is 17.4 Å². The standard InChI is InChI=1S/C26H18Cl2N4O3S/c1-2-34-25(33)21-22(14-6-4-3-5-7-14)31-26-32(24(30)20(13-29)36-26)23(21)19-11-10-18(35-19)16-9-8-15(27)12-17(16)28/h3-12,23H,2,30H2,1H3/t23-/m0/s1. The first-order valence-corrected chi connectivity index (χ1v) is 12.5. The average Bonchev–Trinajstić information content (AvgIpc) is 3.48. The Morgan fingerprint density at radius 3 is 2.69 bits per heavy atom. The quantitative estimate of drug-likeness (QED) is 0.379. The van der Waals surface area contributed by atoms with Crippen LogP contribution in [0.2, 0.25) is 10.0 Å². The number of amidine groups is 1. The molecule has 7 nitrogen and oxygen atoms in total. The minimum atomic E-state index is -0.829. The monoisotopic (exact) mass is 536 g/mol. The highest BCUT2D eigenvalue weighted by Gasteiger charge is 2.45. The number of benzene rings is 2. The van der Waals surface area contributed by atoms with Crippen LogP contribution < -0.4 is 5.73 Å². The number of carbonyl (C=O) groups excluding carboxylic acids is 1. The van der Waals surface area contributed by atoms with Gasteiger partial charge in [0.2, 0.25) is 0 Å². The van der Waals surface area contributed by atoms with E-state index in [4.69, 9.17) is 43.1 Å². The molecule has 0 radical (unpaired) electrons. The number of nitriles is 1. The zero-order valence-corrected chi connectivity index (χ0v) is 21.2. The van der Waals surface area contributed by atoms with E-state index in [1.165, 1.54) is 0 Å². The predicted molar refractivity (Wildman–Crippen MR) is 141 cm³/mol. The lowest BCUT2D eigenvalue weighted by atomic mass is 9.96. The van der Waals surface area contributed by atoms with Gasteiger partial charge in [0.1, 0.15) is 34.4 Å². The van der Waals surface area contributed by atoms with Crippen molar-refractivity contribution in [1.29, 1.82) is 5.26 Å². The highest BCUT2D eigenvalue weighted by molar-refractivity contribution is 8.17. The second-order valence-electron chi connectivity index (χ2n) is 7.77. The van der Waals surface area contributed by atoms with Crippen LogP contribution in [0.25, 0.3) is 17.0 Å². The molecule has 5 rings (SSSR count). The van der Waals surface area contributed by atoms with E-state index in [0.29, 0.717) is 38.0 Å². The number of ether oxygens (including phenoxy) is 1. The fourth-order valence-corrected chi connectivity index (χ4v) is 5.43. The average molecular weight is 537 g/mol. The van der Waals surface area contributed by atoms with Crippen molar-refractivity contribution in [2.75, 3.05) is 6.61 Å². The number of rotatable bonds is 5. The van der Waals surface area contributed by atoms with E-state index in [1.807, 2.05) is 30.3 Å². The van der Waals surface area contributed by atoms with Crippen LogP contribution in [0.15, 0.2) is 86.4 Å². The molecule has 2 N–H and O–H groups in total. The minimum Gasteiger partial charge on any atom is -0.463 e. The molecule has 0 bridgehead atoms. The Bertz CT molecular complexity index is 1500. The summed E-state index contributed by atoms with van der Waals surface area (Å²) >= 11 is 13.6. The van der Waals surface area contributed by atoms with Crippen molar-refractivity contribution in [2.45, 2.75) is 13.0 Å². The van der Waals surface area contributed by atoms with Gasteiger partial charge in [0.25, 0.3) is 0 Å². The van der Waals surface area contributed by atoms with E-state index in [9.17, 15) is 10.1 Å². The molecular weight excluding hydrogens is 519 g/mol. The first kappa shape index (κ1) is 24.1. The lowest BCUT2D eigenvalue weighted by molar-refractivity contribution is -0.139. The number of halogens is 2. The summed E-state index contributed by atoms with van der Waals surface area (Å²) in [5, 5.41) is 11.0. The van der Waals surface area contributed by atoms with Gasteiger partial charge in [-0.15, -0.1) is 0 Å². The molecule has 2 aromatic carbocycles. The van der Waals surface area contributed by atoms with Crippen LogP contribution in [0.1, 0.15) is 24.3 Å². The van der Waals surface area contributed by atoms with E-state index < -0.39 is 12.0 Å². The molecule has 0 saturated carbocycles. The Balaban J connectivity index is 1.73. The summed E-state index contributed by atoms with van der Waals surface area (Å²) in [5.41, 5.74) is 8.41. The Labute approximate surface area is 221 Å². The van der Waals surface area contributed by atoms with E-state index in [2.05, 4.69) is 6.07 Å². The van der Waals surface area contributed by atoms with Gasteiger partial charge in [-0.3, -0.25) is 4.90 Å². The zero-order valence-electron chi connectivity index (χ0n) is 18.9. The second kappa shape index (κ2) is 9.78. The van der Waals surface area contributed by atoms with Crippen LogP contribution in [0.4, 0.5) is 0 Å². The third-order valence-corrected chi connectivity index (χ3v) is 7.15. The van der Waals surface area contributed by atoms with Gasteiger partial charge < -0.3 is 14.9 Å². The third kappa shape index (κ3) is 4.16. The highest BCUT2D eigenvalue weighted by atomic mass is 35.5. The third-order valence-electron chi connectivity index (χ3n) is 5.62. The number of esters is 1. The van der Waals surface area contributed by atoms with E-state index in [0.717, 1.165) is 17.3 Å². The van der Waals surface area contributed by atoms with Crippen molar-refractivity contribution < 1.29 is 13.9 Å². The number of thioether (sulfide) groups is 1. The minimum absolute atomic E-state index is 0.168. The second-order valence-corrected chi connectivity index (χ2v) is 9.59. The smallest absolute Gasteiger partial charge is 0.338 e. The Morgan fingerprint density at radius 2 is 2.00 bits per heavy atom. The molecule has 36 heavy (non-hydrogen) atoms. The molecule has 0 amide bonds. The number of carbonyl (C=O) groups is 1. The van der Waals surface area contributed by atoms with Gasteiger partial charge in [0.05, 0.1) is 22.9 Å². The molecule has 2 aliphatic heterocycles. The molecule has 1 aromatic heterocycles. The fraction of sp³-hybridized carbons (Fsp3) is 0.115. The lowest BCUT2D eigenvalue weighted by Crippen LogP contribution is -2.38. The van der Waals surface area contributed by atoms with Gasteiger partial charge in [0, 0.05) is 16.1 Å². The van der Waals surface area contributed by atoms with Crippen LogP contribution >= 0.6 is 35.0 Å². The van der Waals surface area contributed by atoms with Crippen molar-refractivity contribution in [3.63, 3.8) is 0 Å². The van der Waals surface area contributed by atoms with Gasteiger partial charge >= 0.3 is 5.97 Å². The first-order valence-electron chi connectivity index (χ1n) is 10.9. The number of nitrogens with zero attached hydrogens (tertiary/aromatic N) is 3. The zero-order chi connectivity index (χ0) is 25.4. The molecule has 180 valence electrons. The number of furan rings is 1. The number of allylic oxidation sites excluding steroid dienone is 1. The van der Waals surface area contributed by atoms with Crippen LogP contribution in [0.3, 0.4) is 0 Å². The Hall–Kier alpha value is -3.64. The summed E-state index contributed by atoms with van der Waals surface area (Å²) in [5.74, 6) is 0.509. The van der Waals surface area contributed by atoms with E-state index in [1.54, 1.807) is 42.2 Å². The molecule has 0 spiro atoms. The SMILES string of the molecule is CCOC(=O)C1=C(c2ccccc2)N=C2SC(C#N)=C(N)N2[C@H]1c1ccc(-c2ccc(Cl)cc2Cl)o1. The molecule has 0 fully saturated rings. The number of fused-ring (bicyclic) bond motifs is 1. The summed E-state index contributed by atoms with van der Waals surface area (Å²) in [6.45, 7) is 1.90. The van der Waals surface area contributed by atoms with Crippen molar-refractivity contribution in [3.05, 3.63) is 98.3 Å². The molecule has 2 aliphatic rings. The normalized spacial score (nSPS) is 17.1. The van der Waals surface area contributed by atoms with Crippen LogP contribution in [0, 0.1) is 11.3 Å². The molecule has 1 atom stereocenters. The van der Waals surface area contributed by atoms with Crippen LogP contribution in [-0.2, 0) is 9.53 Å². The fourth-order valence-electron chi connectivity index (χ4n) is 4.06.